The summed E-state index contributed by atoms with van der Waals surface area (Å²) in [5.41, 5.74) is 16.4. The predicted molar refractivity (Wildman–Crippen MR) is 279 cm³/mol. The van der Waals surface area contributed by atoms with Crippen LogP contribution in [0.2, 0.25) is 0 Å². The molecule has 11 rings (SSSR count). The normalized spacial score (nSPS) is 12.0. The molecule has 0 atom stereocenters. The van der Waals surface area contributed by atoms with E-state index >= 15 is 0 Å². The Morgan fingerprint density at radius 3 is 1.55 bits per heavy atom. The number of aromatic nitrogens is 4. The van der Waals surface area contributed by atoms with Gasteiger partial charge in [-0.3, -0.25) is 9.55 Å². The first-order chi connectivity index (χ1) is 32.5. The molecule has 0 bridgehead atoms. The summed E-state index contributed by atoms with van der Waals surface area (Å²) in [6, 6.07) is 70.9. The lowest BCUT2D eigenvalue weighted by molar-refractivity contribution is 0.483. The summed E-state index contributed by atoms with van der Waals surface area (Å²) in [6.45, 7) is 13.6. The van der Waals surface area contributed by atoms with Gasteiger partial charge in [-0.05, 0) is 106 Å². The molecule has 0 saturated heterocycles. The topological polar surface area (TPSA) is 44.9 Å². The van der Waals surface area contributed by atoms with Crippen molar-refractivity contribution in [3.05, 3.63) is 218 Å². The van der Waals surface area contributed by atoms with Gasteiger partial charge in [0.15, 0.2) is 0 Å². The highest BCUT2D eigenvalue weighted by Crippen LogP contribution is 2.41. The third-order valence-corrected chi connectivity index (χ3v) is 13.0. The van der Waals surface area contributed by atoms with Gasteiger partial charge in [-0.1, -0.05) is 169 Å². The van der Waals surface area contributed by atoms with Gasteiger partial charge < -0.3 is 9.30 Å². The Bertz CT molecular complexity index is 3620. The van der Waals surface area contributed by atoms with Crippen molar-refractivity contribution < 1.29 is 4.74 Å². The lowest BCUT2D eigenvalue weighted by atomic mass is 9.85. The summed E-state index contributed by atoms with van der Waals surface area (Å²) in [6.07, 6.45) is 2.03. The summed E-state index contributed by atoms with van der Waals surface area (Å²) in [5, 5.41) is 2.32. The molecule has 5 nitrogen and oxygen atoms in total. The van der Waals surface area contributed by atoms with E-state index in [0.717, 1.165) is 84.1 Å². The van der Waals surface area contributed by atoms with Crippen LogP contribution in [-0.4, -0.2) is 19.1 Å². The average Bonchev–Trinajstić information content (AvgIpc) is 3.90. The maximum absolute atomic E-state index is 6.71. The highest BCUT2D eigenvalue weighted by molar-refractivity contribution is 6.10. The molecule has 0 aliphatic heterocycles. The molecule has 67 heavy (non-hydrogen) atoms. The van der Waals surface area contributed by atoms with Crippen molar-refractivity contribution in [2.45, 2.75) is 52.4 Å². The van der Waals surface area contributed by atoms with Gasteiger partial charge in [0.25, 0.3) is 0 Å². The van der Waals surface area contributed by atoms with E-state index < -0.39 is 0 Å². The van der Waals surface area contributed by atoms with E-state index in [4.69, 9.17) is 14.7 Å². The number of nitrogens with zero attached hydrogens (tertiary/aromatic N) is 4. The molecule has 0 unspecified atom stereocenters. The summed E-state index contributed by atoms with van der Waals surface area (Å²) in [5.74, 6) is 2.29. The highest BCUT2D eigenvalue weighted by atomic mass is 16.5. The Morgan fingerprint density at radius 2 is 0.925 bits per heavy atom. The molecular weight excluding hydrogens is 817 g/mol. The third kappa shape index (κ3) is 7.76. The summed E-state index contributed by atoms with van der Waals surface area (Å²) < 4.78 is 11.4. The fourth-order valence-corrected chi connectivity index (χ4v) is 9.40. The molecule has 0 spiro atoms. The zero-order valence-corrected chi connectivity index (χ0v) is 38.8. The number of pyridine rings is 1. The largest absolute Gasteiger partial charge is 0.457 e. The number of rotatable bonds is 8. The van der Waals surface area contributed by atoms with Crippen LogP contribution in [0.15, 0.2) is 206 Å². The SMILES string of the molecule is CC(C)(C)c1ccc(-n2c(-c3cccc(Oc4cccc(-c5cc6c7ccccc7n(-c7ccc(C(C)(C)C)cc7-c7ccccc7)c6cn5)c4)c3)nc3ccccc32)c(-c2ccccc2)c1. The van der Waals surface area contributed by atoms with Crippen LogP contribution in [0.1, 0.15) is 52.7 Å². The Kier molecular flexibility index (Phi) is 10.2. The van der Waals surface area contributed by atoms with Crippen molar-refractivity contribution in [3.8, 4) is 67.8 Å². The van der Waals surface area contributed by atoms with E-state index in [1.54, 1.807) is 0 Å². The van der Waals surface area contributed by atoms with Gasteiger partial charge in [0.05, 0.1) is 45.3 Å². The molecule has 0 amide bonds. The van der Waals surface area contributed by atoms with Crippen LogP contribution in [0.25, 0.3) is 89.1 Å². The number of benzene rings is 8. The fourth-order valence-electron chi connectivity index (χ4n) is 9.40. The minimum atomic E-state index is -0.0132. The number of imidazole rings is 1. The molecular formula is C62H52N4O. The number of ether oxygens (including phenoxy) is 1. The highest BCUT2D eigenvalue weighted by Gasteiger charge is 2.23. The van der Waals surface area contributed by atoms with Crippen LogP contribution in [-0.2, 0) is 10.8 Å². The molecule has 0 aliphatic rings. The van der Waals surface area contributed by atoms with E-state index in [9.17, 15) is 0 Å². The number of fused-ring (bicyclic) bond motifs is 4. The Labute approximate surface area is 392 Å². The van der Waals surface area contributed by atoms with Crippen LogP contribution >= 0.6 is 0 Å². The number of hydrogen-bond acceptors (Lipinski definition) is 3. The van der Waals surface area contributed by atoms with E-state index in [2.05, 4.69) is 227 Å². The lowest BCUT2D eigenvalue weighted by Crippen LogP contribution is -2.12. The Morgan fingerprint density at radius 1 is 0.403 bits per heavy atom. The molecule has 11 aromatic rings. The molecule has 0 aliphatic carbocycles. The Balaban J connectivity index is 0.966. The Hall–Kier alpha value is -8.02. The van der Waals surface area contributed by atoms with Gasteiger partial charge in [-0.2, -0.15) is 0 Å². The number of hydrogen-bond donors (Lipinski definition) is 0. The maximum atomic E-state index is 6.71. The second-order valence-corrected chi connectivity index (χ2v) is 19.6. The quantitative estimate of drug-likeness (QED) is 0.153. The minimum Gasteiger partial charge on any atom is -0.457 e. The van der Waals surface area contributed by atoms with Crippen LogP contribution in [0.3, 0.4) is 0 Å². The number of para-hydroxylation sites is 3. The second-order valence-electron chi connectivity index (χ2n) is 19.6. The molecule has 326 valence electrons. The molecule has 0 fully saturated rings. The molecule has 0 saturated carbocycles. The van der Waals surface area contributed by atoms with Gasteiger partial charge >= 0.3 is 0 Å². The third-order valence-electron chi connectivity index (χ3n) is 13.0. The predicted octanol–water partition coefficient (Wildman–Crippen LogP) is 16.6. The second kappa shape index (κ2) is 16.4. The maximum Gasteiger partial charge on any atom is 0.145 e. The summed E-state index contributed by atoms with van der Waals surface area (Å²) in [4.78, 5) is 10.4. The van der Waals surface area contributed by atoms with E-state index in [-0.39, 0.29) is 10.8 Å². The van der Waals surface area contributed by atoms with Crippen LogP contribution in [0.5, 0.6) is 11.5 Å². The summed E-state index contributed by atoms with van der Waals surface area (Å²) in [7, 11) is 0. The van der Waals surface area contributed by atoms with E-state index in [1.165, 1.54) is 27.6 Å². The monoisotopic (exact) mass is 868 g/mol. The minimum absolute atomic E-state index is 0.00547. The van der Waals surface area contributed by atoms with Crippen molar-refractivity contribution in [2.75, 3.05) is 0 Å². The van der Waals surface area contributed by atoms with Gasteiger partial charge in [-0.25, -0.2) is 4.98 Å². The molecule has 3 heterocycles. The molecule has 5 heteroatoms. The first kappa shape index (κ1) is 41.7. The standard InChI is InChI=1S/C62H52N4O/c1-61(2,3)45-31-33-56(50(37-45)41-19-9-7-10-20-41)65-55-29-15-13-27-49(55)52-39-54(63-40-59(52)65)43-23-17-25-47(35-43)67-48-26-18-24-44(36-48)60-64-53-28-14-16-30-58(53)66(60)57-34-32-46(62(4,5)6)38-51(57)42-21-11-8-12-22-42/h7-40H,1-6H3. The molecule has 3 aromatic heterocycles. The van der Waals surface area contributed by atoms with Crippen molar-refractivity contribution in [1.82, 2.24) is 19.1 Å². The van der Waals surface area contributed by atoms with Crippen LogP contribution < -0.4 is 4.74 Å². The first-order valence-corrected chi connectivity index (χ1v) is 23.1. The lowest BCUT2D eigenvalue weighted by Gasteiger charge is -2.23. The van der Waals surface area contributed by atoms with Gasteiger partial charge in [0.2, 0.25) is 0 Å². The molecule has 0 radical (unpaired) electrons. The smallest absolute Gasteiger partial charge is 0.145 e. The van der Waals surface area contributed by atoms with E-state index in [0.29, 0.717) is 0 Å². The molecule has 8 aromatic carbocycles. The van der Waals surface area contributed by atoms with Crippen molar-refractivity contribution >= 4 is 32.8 Å². The van der Waals surface area contributed by atoms with Gasteiger partial charge in [0, 0.05) is 33.0 Å². The van der Waals surface area contributed by atoms with Crippen molar-refractivity contribution in [2.24, 2.45) is 0 Å². The van der Waals surface area contributed by atoms with Gasteiger partial charge in [0.1, 0.15) is 17.3 Å². The van der Waals surface area contributed by atoms with E-state index in [1.807, 2.05) is 30.5 Å². The van der Waals surface area contributed by atoms with Gasteiger partial charge in [-0.15, -0.1) is 0 Å². The average molecular weight is 869 g/mol. The first-order valence-electron chi connectivity index (χ1n) is 23.1. The van der Waals surface area contributed by atoms with Crippen molar-refractivity contribution in [3.63, 3.8) is 0 Å². The zero-order valence-electron chi connectivity index (χ0n) is 38.8. The van der Waals surface area contributed by atoms with Crippen LogP contribution in [0.4, 0.5) is 0 Å². The zero-order chi connectivity index (χ0) is 45.9. The summed E-state index contributed by atoms with van der Waals surface area (Å²) >= 11 is 0. The molecule has 0 N–H and O–H groups in total. The van der Waals surface area contributed by atoms with Crippen molar-refractivity contribution in [1.29, 1.82) is 0 Å². The fraction of sp³-hybridized carbons (Fsp3) is 0.129. The van der Waals surface area contributed by atoms with Crippen LogP contribution in [0, 0.1) is 0 Å².